The van der Waals surface area contributed by atoms with Gasteiger partial charge in [0.15, 0.2) is 0 Å². The van der Waals surface area contributed by atoms with E-state index in [9.17, 15) is 9.59 Å². The number of likely N-dealkylation sites (N-methyl/N-ethyl adjacent to an activating group) is 1. The lowest BCUT2D eigenvalue weighted by atomic mass is 10.2. The minimum atomic E-state index is -0.541. The third-order valence-electron chi connectivity index (χ3n) is 2.86. The Hall–Kier alpha value is -1.78. The van der Waals surface area contributed by atoms with Crippen molar-refractivity contribution in [3.05, 3.63) is 27.7 Å². The summed E-state index contributed by atoms with van der Waals surface area (Å²) in [6.45, 7) is 5.28. The summed E-state index contributed by atoms with van der Waals surface area (Å²) in [6.07, 6.45) is 0. The first-order valence-corrected chi connectivity index (χ1v) is 5.46. The zero-order valence-corrected chi connectivity index (χ0v) is 10.9. The third-order valence-corrected chi connectivity index (χ3v) is 2.86. The summed E-state index contributed by atoms with van der Waals surface area (Å²) in [5, 5.41) is 0. The molecule has 0 aliphatic heterocycles. The molecule has 1 heterocycles. The molecule has 0 saturated heterocycles. The van der Waals surface area contributed by atoms with Crippen LogP contribution in [0.2, 0.25) is 0 Å². The van der Waals surface area contributed by atoms with Crippen molar-refractivity contribution < 1.29 is 4.79 Å². The number of nitrogens with two attached hydrogens (primary N) is 1. The number of nitrogen functional groups attached to an aromatic ring is 1. The molecule has 1 aromatic heterocycles. The molecule has 1 amide bonds. The van der Waals surface area contributed by atoms with E-state index in [0.717, 1.165) is 11.3 Å². The quantitative estimate of drug-likeness (QED) is 0.823. The molecule has 5 nitrogen and oxygen atoms in total. The zero-order chi connectivity index (χ0) is 13.3. The number of carbonyl (C=O) groups is 1. The molecule has 0 radical (unpaired) electrons. The van der Waals surface area contributed by atoms with Gasteiger partial charge in [-0.2, -0.15) is 0 Å². The molecular formula is C12H19N3O2. The lowest BCUT2D eigenvalue weighted by molar-refractivity contribution is -0.131. The third kappa shape index (κ3) is 2.33. The van der Waals surface area contributed by atoms with Gasteiger partial charge in [0.25, 0.3) is 5.56 Å². The first kappa shape index (κ1) is 13.3. The van der Waals surface area contributed by atoms with Crippen molar-refractivity contribution in [3.8, 4) is 0 Å². The highest BCUT2D eigenvalue weighted by atomic mass is 16.2. The Morgan fingerprint density at radius 3 is 2.41 bits per heavy atom. The Morgan fingerprint density at radius 2 is 1.94 bits per heavy atom. The fraction of sp³-hybridized carbons (Fsp3) is 0.500. The second-order valence-corrected chi connectivity index (χ2v) is 4.47. The van der Waals surface area contributed by atoms with Gasteiger partial charge in [0.05, 0.1) is 0 Å². The summed E-state index contributed by atoms with van der Waals surface area (Å²) in [4.78, 5) is 25.4. The average Bonchev–Trinajstić information content (AvgIpc) is 2.24. The number of hydrogen-bond donors (Lipinski definition) is 1. The van der Waals surface area contributed by atoms with Crippen molar-refractivity contribution in [2.75, 3.05) is 19.8 Å². The Bertz CT molecular complexity index is 503. The van der Waals surface area contributed by atoms with Gasteiger partial charge in [-0.3, -0.25) is 14.2 Å². The van der Waals surface area contributed by atoms with Crippen LogP contribution >= 0.6 is 0 Å². The number of rotatable bonds is 2. The number of anilines is 1. The molecule has 0 aliphatic rings. The van der Waals surface area contributed by atoms with Crippen LogP contribution in [0, 0.1) is 13.8 Å². The highest BCUT2D eigenvalue weighted by Gasteiger charge is 2.20. The smallest absolute Gasteiger partial charge is 0.274 e. The normalized spacial score (nSPS) is 12.3. The molecule has 0 spiro atoms. The molecular weight excluding hydrogens is 218 g/mol. The number of aromatic nitrogens is 1. The Balaban J connectivity index is 3.38. The summed E-state index contributed by atoms with van der Waals surface area (Å²) in [5.41, 5.74) is 7.09. The Labute approximate surface area is 101 Å². The maximum atomic E-state index is 12.0. The van der Waals surface area contributed by atoms with Crippen LogP contribution in [0.15, 0.2) is 10.9 Å². The van der Waals surface area contributed by atoms with E-state index in [2.05, 4.69) is 0 Å². The Morgan fingerprint density at radius 1 is 1.41 bits per heavy atom. The number of carbonyl (C=O) groups excluding carboxylic acids is 1. The topological polar surface area (TPSA) is 68.3 Å². The van der Waals surface area contributed by atoms with Crippen LogP contribution in [-0.4, -0.2) is 29.5 Å². The monoisotopic (exact) mass is 237 g/mol. The molecule has 0 fully saturated rings. The largest absolute Gasteiger partial charge is 0.394 e. The lowest BCUT2D eigenvalue weighted by Gasteiger charge is -2.21. The van der Waals surface area contributed by atoms with Gasteiger partial charge in [0, 0.05) is 19.8 Å². The maximum absolute atomic E-state index is 12.0. The summed E-state index contributed by atoms with van der Waals surface area (Å²) in [5.74, 6) is -0.126. The van der Waals surface area contributed by atoms with Gasteiger partial charge in [-0.15, -0.1) is 0 Å². The summed E-state index contributed by atoms with van der Waals surface area (Å²) in [7, 11) is 3.33. The molecule has 1 unspecified atom stereocenters. The van der Waals surface area contributed by atoms with Crippen molar-refractivity contribution >= 4 is 11.6 Å². The van der Waals surface area contributed by atoms with Gasteiger partial charge < -0.3 is 10.6 Å². The van der Waals surface area contributed by atoms with Crippen molar-refractivity contribution in [3.63, 3.8) is 0 Å². The van der Waals surface area contributed by atoms with Gasteiger partial charge in [-0.25, -0.2) is 0 Å². The molecule has 5 heteroatoms. The number of aryl methyl sites for hydroxylation is 2. The summed E-state index contributed by atoms with van der Waals surface area (Å²) >= 11 is 0. The fourth-order valence-corrected chi connectivity index (χ4v) is 1.88. The molecule has 1 aromatic rings. The minimum absolute atomic E-state index is 0.126. The van der Waals surface area contributed by atoms with E-state index in [0.29, 0.717) is 0 Å². The van der Waals surface area contributed by atoms with E-state index in [4.69, 9.17) is 5.73 Å². The van der Waals surface area contributed by atoms with E-state index in [1.165, 1.54) is 9.47 Å². The fourth-order valence-electron chi connectivity index (χ4n) is 1.88. The number of amides is 1. The second kappa shape index (κ2) is 4.61. The van der Waals surface area contributed by atoms with Gasteiger partial charge in [-0.1, -0.05) is 0 Å². The van der Waals surface area contributed by atoms with E-state index in [1.807, 2.05) is 6.07 Å². The predicted molar refractivity (Wildman–Crippen MR) is 68.0 cm³/mol. The zero-order valence-electron chi connectivity index (χ0n) is 10.9. The molecule has 0 saturated carbocycles. The number of pyridine rings is 1. The minimum Gasteiger partial charge on any atom is -0.394 e. The van der Waals surface area contributed by atoms with E-state index in [1.54, 1.807) is 34.9 Å². The summed E-state index contributed by atoms with van der Waals surface area (Å²) in [6, 6.07) is 1.27. The van der Waals surface area contributed by atoms with Crippen LogP contribution in [0.3, 0.4) is 0 Å². The van der Waals surface area contributed by atoms with Crippen molar-refractivity contribution in [2.24, 2.45) is 0 Å². The first-order valence-electron chi connectivity index (χ1n) is 5.46. The van der Waals surface area contributed by atoms with Crippen LogP contribution in [0.25, 0.3) is 0 Å². The van der Waals surface area contributed by atoms with Crippen LogP contribution in [0.5, 0.6) is 0 Å². The predicted octanol–water partition coefficient (Wildman–Crippen LogP) is 0.697. The summed E-state index contributed by atoms with van der Waals surface area (Å²) < 4.78 is 1.44. The molecule has 17 heavy (non-hydrogen) atoms. The van der Waals surface area contributed by atoms with E-state index in [-0.39, 0.29) is 17.2 Å². The van der Waals surface area contributed by atoms with Crippen molar-refractivity contribution in [1.82, 2.24) is 9.47 Å². The number of nitrogens with zero attached hydrogens (tertiary/aromatic N) is 2. The van der Waals surface area contributed by atoms with Crippen LogP contribution < -0.4 is 11.3 Å². The first-order chi connectivity index (χ1) is 7.77. The van der Waals surface area contributed by atoms with Crippen LogP contribution in [-0.2, 0) is 4.79 Å². The van der Waals surface area contributed by atoms with Crippen LogP contribution in [0.4, 0.5) is 5.69 Å². The highest BCUT2D eigenvalue weighted by molar-refractivity contribution is 5.79. The highest BCUT2D eigenvalue weighted by Crippen LogP contribution is 2.13. The Kier molecular flexibility index (Phi) is 3.60. The van der Waals surface area contributed by atoms with Gasteiger partial charge >= 0.3 is 0 Å². The van der Waals surface area contributed by atoms with Gasteiger partial charge in [0.1, 0.15) is 11.7 Å². The van der Waals surface area contributed by atoms with Crippen LogP contribution in [0.1, 0.15) is 24.2 Å². The van der Waals surface area contributed by atoms with Crippen molar-refractivity contribution in [2.45, 2.75) is 26.8 Å². The lowest BCUT2D eigenvalue weighted by Crippen LogP contribution is -2.37. The molecule has 2 N–H and O–H groups in total. The molecule has 0 bridgehead atoms. The molecule has 94 valence electrons. The molecule has 0 aliphatic carbocycles. The van der Waals surface area contributed by atoms with Crippen molar-refractivity contribution in [1.29, 1.82) is 0 Å². The standard InChI is InChI=1S/C12H19N3O2/c1-7-6-8(2)15(12(17)10(7)13)9(3)11(16)14(4)5/h6,9H,13H2,1-5H3. The average molecular weight is 237 g/mol. The van der Waals surface area contributed by atoms with E-state index >= 15 is 0 Å². The van der Waals surface area contributed by atoms with Gasteiger partial charge in [-0.05, 0) is 32.4 Å². The molecule has 0 aromatic carbocycles. The second-order valence-electron chi connectivity index (χ2n) is 4.47. The molecule has 1 atom stereocenters. The maximum Gasteiger partial charge on any atom is 0.274 e. The molecule has 1 rings (SSSR count). The van der Waals surface area contributed by atoms with Gasteiger partial charge in [0.2, 0.25) is 5.91 Å². The number of hydrogen-bond acceptors (Lipinski definition) is 3. The SMILES string of the molecule is Cc1cc(C)n(C(C)C(=O)N(C)C)c(=O)c1N. The van der Waals surface area contributed by atoms with E-state index < -0.39 is 6.04 Å².